The summed E-state index contributed by atoms with van der Waals surface area (Å²) in [6.07, 6.45) is 0. The van der Waals surface area contributed by atoms with E-state index in [9.17, 15) is 18.0 Å². The van der Waals surface area contributed by atoms with Gasteiger partial charge in [-0.3, -0.25) is 4.55 Å². The molecule has 1 aromatic carbocycles. The SMILES string of the molecule is O=C(O)c1cc(C(=O)O)cc(S(=O)(=O)O)c1.OCCO.[NaH]. The van der Waals surface area contributed by atoms with E-state index in [2.05, 4.69) is 0 Å². The van der Waals surface area contributed by atoms with Gasteiger partial charge in [0, 0.05) is 0 Å². The van der Waals surface area contributed by atoms with E-state index in [-0.39, 0.29) is 42.8 Å². The minimum atomic E-state index is -4.64. The van der Waals surface area contributed by atoms with Gasteiger partial charge in [0.05, 0.1) is 29.2 Å². The zero-order chi connectivity index (χ0) is 15.9. The molecule has 0 aliphatic heterocycles. The first kappa shape index (κ1) is 22.3. The summed E-state index contributed by atoms with van der Waals surface area (Å²) in [5.74, 6) is -2.99. The van der Waals surface area contributed by atoms with Gasteiger partial charge in [-0.2, -0.15) is 8.42 Å². The molecule has 0 aliphatic rings. The van der Waals surface area contributed by atoms with Gasteiger partial charge in [-0.25, -0.2) is 9.59 Å². The minimum absolute atomic E-state index is 0. The molecule has 0 spiro atoms. The Morgan fingerprint density at radius 2 is 1.24 bits per heavy atom. The van der Waals surface area contributed by atoms with E-state index in [0.29, 0.717) is 12.1 Å². The number of benzene rings is 1. The van der Waals surface area contributed by atoms with Crippen molar-refractivity contribution in [3.63, 3.8) is 0 Å². The van der Waals surface area contributed by atoms with E-state index < -0.39 is 38.1 Å². The van der Waals surface area contributed by atoms with Crippen LogP contribution in [0.25, 0.3) is 0 Å². The van der Waals surface area contributed by atoms with Crippen molar-refractivity contribution < 1.29 is 43.0 Å². The Kier molecular flexibility index (Phi) is 10.4. The molecule has 1 rings (SSSR count). The molecule has 0 fully saturated rings. The van der Waals surface area contributed by atoms with E-state index in [1.165, 1.54) is 0 Å². The molecule has 0 bridgehead atoms. The normalized spacial score (nSPS) is 9.86. The number of aliphatic hydroxyl groups excluding tert-OH is 2. The third kappa shape index (κ3) is 8.12. The molecule has 114 valence electrons. The van der Waals surface area contributed by atoms with Gasteiger partial charge in [-0.1, -0.05) is 0 Å². The van der Waals surface area contributed by atoms with Crippen LogP contribution in [0.5, 0.6) is 0 Å². The summed E-state index contributed by atoms with van der Waals surface area (Å²) >= 11 is 0. The number of carboxylic acid groups (broad SMARTS) is 2. The monoisotopic (exact) mass is 332 g/mol. The Bertz CT molecular complexity index is 562. The maximum atomic E-state index is 10.8. The van der Waals surface area contributed by atoms with Crippen LogP contribution in [0.4, 0.5) is 0 Å². The molecule has 0 heterocycles. The molecular weight excluding hydrogens is 319 g/mol. The first-order chi connectivity index (χ1) is 9.13. The van der Waals surface area contributed by atoms with Crippen molar-refractivity contribution in [2.24, 2.45) is 0 Å². The number of carbonyl (C=O) groups is 2. The summed E-state index contributed by atoms with van der Waals surface area (Å²) in [7, 11) is -4.64. The number of aromatic carboxylic acids is 2. The Hall–Kier alpha value is -1.01. The van der Waals surface area contributed by atoms with Crippen LogP contribution in [0.2, 0.25) is 0 Å². The van der Waals surface area contributed by atoms with Crippen molar-refractivity contribution >= 4 is 51.6 Å². The molecule has 0 aromatic heterocycles. The standard InChI is InChI=1S/C8H6O7S.C2H6O2.Na.H/c9-7(10)4-1-5(8(11)12)3-6(2-4)16(13,14)15;3-1-2-4;;/h1-3H,(H,9,10)(H,11,12)(H,13,14,15);3-4H,1-2H2;;. The third-order valence-corrected chi connectivity index (χ3v) is 2.63. The summed E-state index contributed by atoms with van der Waals surface area (Å²) in [5, 5.41) is 32.5. The number of rotatable bonds is 4. The summed E-state index contributed by atoms with van der Waals surface area (Å²) in [4.78, 5) is 20.4. The second kappa shape index (κ2) is 9.84. The molecule has 0 amide bonds. The van der Waals surface area contributed by atoms with E-state index >= 15 is 0 Å². The molecule has 0 aliphatic carbocycles. The molecule has 11 heteroatoms. The molecule has 5 N–H and O–H groups in total. The Balaban J connectivity index is 0. The van der Waals surface area contributed by atoms with Gasteiger partial charge in [-0.15, -0.1) is 0 Å². The van der Waals surface area contributed by atoms with Gasteiger partial charge in [0.1, 0.15) is 0 Å². The average molecular weight is 332 g/mol. The van der Waals surface area contributed by atoms with Crippen molar-refractivity contribution in [3.8, 4) is 0 Å². The van der Waals surface area contributed by atoms with Gasteiger partial charge in [-0.05, 0) is 18.2 Å². The molecule has 1 aromatic rings. The number of hydrogen-bond acceptors (Lipinski definition) is 6. The predicted octanol–water partition coefficient (Wildman–Crippen LogP) is -1.35. The van der Waals surface area contributed by atoms with Crippen molar-refractivity contribution in [3.05, 3.63) is 29.3 Å². The number of aliphatic hydroxyl groups is 2. The maximum absolute atomic E-state index is 10.8. The van der Waals surface area contributed by atoms with Crippen molar-refractivity contribution in [1.29, 1.82) is 0 Å². The van der Waals surface area contributed by atoms with Crippen molar-refractivity contribution in [2.75, 3.05) is 13.2 Å². The van der Waals surface area contributed by atoms with Crippen LogP contribution in [0, 0.1) is 0 Å². The predicted molar refractivity (Wildman–Crippen MR) is 71.5 cm³/mol. The fraction of sp³-hybridized carbons (Fsp3) is 0.200. The van der Waals surface area contributed by atoms with Crippen molar-refractivity contribution in [1.82, 2.24) is 0 Å². The van der Waals surface area contributed by atoms with E-state index in [0.717, 1.165) is 6.07 Å². The van der Waals surface area contributed by atoms with E-state index in [1.807, 2.05) is 0 Å². The topological polar surface area (TPSA) is 169 Å². The molecule has 0 atom stereocenters. The number of hydrogen-bond donors (Lipinski definition) is 5. The Morgan fingerprint density at radius 3 is 1.43 bits per heavy atom. The molecule has 0 unspecified atom stereocenters. The second-order valence-corrected chi connectivity index (χ2v) is 4.70. The molecule has 0 saturated carbocycles. The second-order valence-electron chi connectivity index (χ2n) is 3.28. The van der Waals surface area contributed by atoms with Gasteiger partial charge in [0.25, 0.3) is 10.1 Å². The average Bonchev–Trinajstić information content (AvgIpc) is 2.37. The Labute approximate surface area is 141 Å². The third-order valence-electron chi connectivity index (χ3n) is 1.80. The fourth-order valence-electron chi connectivity index (χ4n) is 0.995. The van der Waals surface area contributed by atoms with Crippen LogP contribution >= 0.6 is 0 Å². The summed E-state index contributed by atoms with van der Waals surface area (Å²) in [5.41, 5.74) is -1.07. The zero-order valence-electron chi connectivity index (χ0n) is 9.92. The van der Waals surface area contributed by atoms with E-state index in [1.54, 1.807) is 0 Å². The van der Waals surface area contributed by atoms with Gasteiger partial charge < -0.3 is 20.4 Å². The molecular formula is C10H13NaO9S. The van der Waals surface area contributed by atoms with Crippen LogP contribution in [0.3, 0.4) is 0 Å². The van der Waals surface area contributed by atoms with Gasteiger partial charge in [0.15, 0.2) is 0 Å². The summed E-state index contributed by atoms with van der Waals surface area (Å²) in [6.45, 7) is -0.250. The van der Waals surface area contributed by atoms with Gasteiger partial charge >= 0.3 is 41.5 Å². The van der Waals surface area contributed by atoms with Gasteiger partial charge in [0.2, 0.25) is 0 Å². The van der Waals surface area contributed by atoms with E-state index in [4.69, 9.17) is 25.0 Å². The first-order valence-corrected chi connectivity index (χ1v) is 6.38. The van der Waals surface area contributed by atoms with Crippen LogP contribution in [-0.4, -0.2) is 88.1 Å². The zero-order valence-corrected chi connectivity index (χ0v) is 10.7. The summed E-state index contributed by atoms with van der Waals surface area (Å²) < 4.78 is 30.2. The quantitative estimate of drug-likeness (QED) is 0.330. The molecule has 0 radical (unpaired) electrons. The number of carboxylic acids is 2. The fourth-order valence-corrected chi connectivity index (χ4v) is 1.55. The van der Waals surface area contributed by atoms with Crippen LogP contribution < -0.4 is 0 Å². The summed E-state index contributed by atoms with van der Waals surface area (Å²) in [6, 6.07) is 2.13. The van der Waals surface area contributed by atoms with Crippen LogP contribution in [0.15, 0.2) is 23.1 Å². The van der Waals surface area contributed by atoms with Crippen molar-refractivity contribution in [2.45, 2.75) is 4.90 Å². The first-order valence-electron chi connectivity index (χ1n) is 4.94. The molecule has 9 nitrogen and oxygen atoms in total. The van der Waals surface area contributed by atoms with Crippen LogP contribution in [-0.2, 0) is 10.1 Å². The Morgan fingerprint density at radius 1 is 0.905 bits per heavy atom. The molecule has 0 saturated heterocycles. The van der Waals surface area contributed by atoms with Crippen LogP contribution in [0.1, 0.15) is 20.7 Å². The molecule has 21 heavy (non-hydrogen) atoms.